The first-order valence-electron chi connectivity index (χ1n) is 6.73. The van der Waals surface area contributed by atoms with Gasteiger partial charge in [-0.25, -0.2) is 4.39 Å². The van der Waals surface area contributed by atoms with Crippen molar-refractivity contribution >= 4 is 35.6 Å². The zero-order valence-corrected chi connectivity index (χ0v) is 13.4. The lowest BCUT2D eigenvalue weighted by Gasteiger charge is -2.31. The van der Waals surface area contributed by atoms with Crippen LogP contribution in [-0.4, -0.2) is 43.5 Å². The van der Waals surface area contributed by atoms with E-state index in [0.717, 1.165) is 25.9 Å². The van der Waals surface area contributed by atoms with Gasteiger partial charge in [0.05, 0.1) is 11.6 Å². The summed E-state index contributed by atoms with van der Waals surface area (Å²) in [5.74, 6) is -0.595. The Hall–Kier alpha value is -0.880. The number of hydrogen-bond acceptors (Lipinski definition) is 3. The summed E-state index contributed by atoms with van der Waals surface area (Å²) in [5, 5.41) is 5.99. The maximum atomic E-state index is 13.0. The lowest BCUT2D eigenvalue weighted by molar-refractivity contribution is -0.117. The largest absolute Gasteiger partial charge is 0.325 e. The SMILES string of the molecule is CNC1CCCN(CC(=O)Nc2ccc(F)c(Cl)c2)C1.Cl. The Balaban J connectivity index is 0.00000220. The maximum absolute atomic E-state index is 13.0. The van der Waals surface area contributed by atoms with Crippen molar-refractivity contribution in [2.24, 2.45) is 0 Å². The second-order valence-corrected chi connectivity index (χ2v) is 5.45. The molecule has 1 fully saturated rings. The van der Waals surface area contributed by atoms with Crippen LogP contribution in [0, 0.1) is 5.82 Å². The Bertz CT molecular complexity index is 487. The molecule has 0 bridgehead atoms. The molecule has 21 heavy (non-hydrogen) atoms. The topological polar surface area (TPSA) is 44.4 Å². The number of halogens is 3. The predicted molar refractivity (Wildman–Crippen MR) is 85.8 cm³/mol. The van der Waals surface area contributed by atoms with Gasteiger partial charge in [-0.15, -0.1) is 12.4 Å². The number of carbonyl (C=O) groups is 1. The molecule has 1 atom stereocenters. The number of nitrogens with one attached hydrogen (secondary N) is 2. The van der Waals surface area contributed by atoms with Gasteiger partial charge in [0.15, 0.2) is 0 Å². The van der Waals surface area contributed by atoms with Gasteiger partial charge in [-0.2, -0.15) is 0 Å². The summed E-state index contributed by atoms with van der Waals surface area (Å²) >= 11 is 5.68. The number of hydrogen-bond donors (Lipinski definition) is 2. The van der Waals surface area contributed by atoms with Gasteiger partial charge < -0.3 is 10.6 Å². The van der Waals surface area contributed by atoms with Crippen LogP contribution in [0.1, 0.15) is 12.8 Å². The number of likely N-dealkylation sites (N-methyl/N-ethyl adjacent to an activating group) is 1. The van der Waals surface area contributed by atoms with Crippen LogP contribution in [-0.2, 0) is 4.79 Å². The molecule has 1 saturated heterocycles. The van der Waals surface area contributed by atoms with Crippen LogP contribution < -0.4 is 10.6 Å². The van der Waals surface area contributed by atoms with Crippen molar-refractivity contribution in [2.75, 3.05) is 32.0 Å². The summed E-state index contributed by atoms with van der Waals surface area (Å²) < 4.78 is 13.0. The maximum Gasteiger partial charge on any atom is 0.238 e. The highest BCUT2D eigenvalue weighted by Crippen LogP contribution is 2.19. The van der Waals surface area contributed by atoms with Crippen LogP contribution >= 0.6 is 24.0 Å². The minimum Gasteiger partial charge on any atom is -0.325 e. The van der Waals surface area contributed by atoms with E-state index in [1.54, 1.807) is 0 Å². The Kier molecular flexibility index (Phi) is 7.39. The third-order valence-corrected chi connectivity index (χ3v) is 3.77. The minimum atomic E-state index is -0.488. The summed E-state index contributed by atoms with van der Waals surface area (Å²) in [7, 11) is 1.94. The first-order chi connectivity index (χ1) is 9.58. The van der Waals surface area contributed by atoms with Crippen molar-refractivity contribution in [3.8, 4) is 0 Å². The van der Waals surface area contributed by atoms with Crippen molar-refractivity contribution in [3.63, 3.8) is 0 Å². The molecule has 4 nitrogen and oxygen atoms in total. The van der Waals surface area contributed by atoms with Crippen LogP contribution in [0.5, 0.6) is 0 Å². The number of rotatable bonds is 4. The number of piperidine rings is 1. The van der Waals surface area contributed by atoms with Gasteiger partial charge in [-0.3, -0.25) is 9.69 Å². The third kappa shape index (κ3) is 5.43. The fourth-order valence-electron chi connectivity index (χ4n) is 2.41. The zero-order chi connectivity index (χ0) is 14.5. The van der Waals surface area contributed by atoms with Crippen molar-refractivity contribution in [1.82, 2.24) is 10.2 Å². The monoisotopic (exact) mass is 335 g/mol. The number of benzene rings is 1. The molecule has 1 amide bonds. The fourth-order valence-corrected chi connectivity index (χ4v) is 2.59. The van der Waals surface area contributed by atoms with Crippen molar-refractivity contribution in [1.29, 1.82) is 0 Å². The quantitative estimate of drug-likeness (QED) is 0.888. The second kappa shape index (κ2) is 8.54. The van der Waals surface area contributed by atoms with E-state index < -0.39 is 5.82 Å². The van der Waals surface area contributed by atoms with Gasteiger partial charge in [0.1, 0.15) is 5.82 Å². The summed E-state index contributed by atoms with van der Waals surface area (Å²) in [4.78, 5) is 14.1. The molecule has 0 saturated carbocycles. The van der Waals surface area contributed by atoms with Crippen LogP contribution in [0.25, 0.3) is 0 Å². The Morgan fingerprint density at radius 1 is 1.52 bits per heavy atom. The molecule has 2 rings (SSSR count). The van der Waals surface area contributed by atoms with Gasteiger partial charge >= 0.3 is 0 Å². The Morgan fingerprint density at radius 2 is 2.29 bits per heavy atom. The highest BCUT2D eigenvalue weighted by Gasteiger charge is 2.20. The van der Waals surface area contributed by atoms with E-state index in [9.17, 15) is 9.18 Å². The molecule has 0 radical (unpaired) electrons. The van der Waals surface area contributed by atoms with Crippen LogP contribution in [0.15, 0.2) is 18.2 Å². The third-order valence-electron chi connectivity index (χ3n) is 3.48. The van der Waals surface area contributed by atoms with E-state index in [0.29, 0.717) is 18.3 Å². The minimum absolute atomic E-state index is 0. The number of carbonyl (C=O) groups excluding carboxylic acids is 1. The smallest absolute Gasteiger partial charge is 0.238 e. The summed E-state index contributed by atoms with van der Waals surface area (Å²) in [6.45, 7) is 2.14. The van der Waals surface area contributed by atoms with E-state index >= 15 is 0 Å². The Morgan fingerprint density at radius 3 is 2.95 bits per heavy atom. The molecule has 1 aromatic carbocycles. The van der Waals surface area contributed by atoms with Crippen molar-refractivity contribution < 1.29 is 9.18 Å². The standard InChI is InChI=1S/C14H19ClFN3O.ClH/c1-17-11-3-2-6-19(8-11)9-14(20)18-10-4-5-13(16)12(15)7-10;/h4-5,7,11,17H,2-3,6,8-9H2,1H3,(H,18,20);1H. The first kappa shape index (κ1) is 18.2. The van der Waals surface area contributed by atoms with Crippen molar-refractivity contribution in [2.45, 2.75) is 18.9 Å². The second-order valence-electron chi connectivity index (χ2n) is 5.04. The molecule has 1 aliphatic rings. The normalized spacial score (nSPS) is 18.9. The van der Waals surface area contributed by atoms with E-state index in [2.05, 4.69) is 15.5 Å². The van der Waals surface area contributed by atoms with Crippen molar-refractivity contribution in [3.05, 3.63) is 29.0 Å². The van der Waals surface area contributed by atoms with Gasteiger partial charge in [0.25, 0.3) is 0 Å². The van der Waals surface area contributed by atoms with E-state index in [4.69, 9.17) is 11.6 Å². The average molecular weight is 336 g/mol. The van der Waals surface area contributed by atoms with Gasteiger partial charge in [-0.05, 0) is 44.6 Å². The van der Waals surface area contributed by atoms with E-state index in [1.807, 2.05) is 7.05 Å². The van der Waals surface area contributed by atoms with E-state index in [1.165, 1.54) is 18.2 Å². The highest BCUT2D eigenvalue weighted by atomic mass is 35.5. The van der Waals surface area contributed by atoms with Crippen LogP contribution in [0.4, 0.5) is 10.1 Å². The Labute approximate surface area is 135 Å². The lowest BCUT2D eigenvalue weighted by Crippen LogP contribution is -2.46. The fraction of sp³-hybridized carbons (Fsp3) is 0.500. The average Bonchev–Trinajstić information content (AvgIpc) is 2.43. The van der Waals surface area contributed by atoms with Gasteiger partial charge in [0, 0.05) is 18.3 Å². The number of likely N-dealkylation sites (tertiary alicyclic amines) is 1. The summed E-state index contributed by atoms with van der Waals surface area (Å²) in [5.41, 5.74) is 0.517. The van der Waals surface area contributed by atoms with Gasteiger partial charge in [0.2, 0.25) is 5.91 Å². The van der Waals surface area contributed by atoms with Gasteiger partial charge in [-0.1, -0.05) is 11.6 Å². The summed E-state index contributed by atoms with van der Waals surface area (Å²) in [6, 6.07) is 4.61. The highest BCUT2D eigenvalue weighted by molar-refractivity contribution is 6.31. The number of nitrogens with zero attached hydrogens (tertiary/aromatic N) is 1. The molecule has 0 aromatic heterocycles. The number of anilines is 1. The molecule has 0 aliphatic carbocycles. The molecule has 1 unspecified atom stereocenters. The molecule has 1 aliphatic heterocycles. The molecule has 1 heterocycles. The summed E-state index contributed by atoms with van der Waals surface area (Å²) in [6.07, 6.45) is 2.23. The van der Waals surface area contributed by atoms with Crippen LogP contribution in [0.2, 0.25) is 5.02 Å². The number of amides is 1. The molecule has 118 valence electrons. The van der Waals surface area contributed by atoms with E-state index in [-0.39, 0.29) is 23.3 Å². The molecule has 7 heteroatoms. The molecule has 2 N–H and O–H groups in total. The molecule has 1 aromatic rings. The zero-order valence-electron chi connectivity index (χ0n) is 11.9. The molecular formula is C14H20Cl2FN3O. The predicted octanol–water partition coefficient (Wildman–Crippen LogP) is 2.52. The first-order valence-corrected chi connectivity index (χ1v) is 7.11. The molecule has 0 spiro atoms. The lowest BCUT2D eigenvalue weighted by atomic mass is 10.1. The molecular weight excluding hydrogens is 316 g/mol. The van der Waals surface area contributed by atoms with Crippen LogP contribution in [0.3, 0.4) is 0 Å².